The summed E-state index contributed by atoms with van der Waals surface area (Å²) in [5, 5.41) is 9.46. The van der Waals surface area contributed by atoms with Gasteiger partial charge in [0.05, 0.1) is 6.10 Å². The van der Waals surface area contributed by atoms with E-state index in [4.69, 9.17) is 0 Å². The Kier molecular flexibility index (Phi) is 4.00. The first-order chi connectivity index (χ1) is 8.20. The molecular formula is C14H22N2O. The van der Waals surface area contributed by atoms with Crippen LogP contribution in [0.5, 0.6) is 0 Å². The summed E-state index contributed by atoms with van der Waals surface area (Å²) in [4.78, 5) is 6.83. The number of aliphatic hydroxyl groups is 1. The molecule has 3 nitrogen and oxygen atoms in total. The Morgan fingerprint density at radius 3 is 2.71 bits per heavy atom. The molecular weight excluding hydrogens is 212 g/mol. The van der Waals surface area contributed by atoms with Crippen LogP contribution in [0, 0.1) is 5.92 Å². The number of rotatable bonds is 6. The molecule has 1 aliphatic rings. The standard InChI is InChI=1S/C14H22N2O/c1-3-8-16(10-12-4-5-12)14-7-6-13(9-15-14)11(2)17/h6-7,9,11-12,17H,3-5,8,10H2,1-2H3/t11-/m0/s1. The van der Waals surface area contributed by atoms with Crippen LogP contribution in [0.2, 0.25) is 0 Å². The fourth-order valence-corrected chi connectivity index (χ4v) is 2.01. The van der Waals surface area contributed by atoms with Gasteiger partial charge in [-0.3, -0.25) is 0 Å². The van der Waals surface area contributed by atoms with E-state index in [2.05, 4.69) is 16.8 Å². The van der Waals surface area contributed by atoms with Crippen molar-refractivity contribution < 1.29 is 5.11 Å². The van der Waals surface area contributed by atoms with Gasteiger partial charge in [0.2, 0.25) is 0 Å². The monoisotopic (exact) mass is 234 g/mol. The van der Waals surface area contributed by atoms with E-state index in [0.29, 0.717) is 0 Å². The zero-order chi connectivity index (χ0) is 12.3. The van der Waals surface area contributed by atoms with Crippen molar-refractivity contribution in [1.82, 2.24) is 4.98 Å². The van der Waals surface area contributed by atoms with Crippen molar-refractivity contribution in [2.45, 2.75) is 39.2 Å². The van der Waals surface area contributed by atoms with Gasteiger partial charge in [-0.05, 0) is 43.7 Å². The third-order valence-corrected chi connectivity index (χ3v) is 3.25. The van der Waals surface area contributed by atoms with Gasteiger partial charge >= 0.3 is 0 Å². The highest BCUT2D eigenvalue weighted by molar-refractivity contribution is 5.39. The molecule has 94 valence electrons. The molecule has 2 rings (SSSR count). The second kappa shape index (κ2) is 5.50. The third kappa shape index (κ3) is 3.43. The lowest BCUT2D eigenvalue weighted by molar-refractivity contribution is 0.199. The summed E-state index contributed by atoms with van der Waals surface area (Å²) in [6, 6.07) is 4.00. The maximum Gasteiger partial charge on any atom is 0.128 e. The summed E-state index contributed by atoms with van der Waals surface area (Å²) in [6.07, 6.45) is 5.24. The van der Waals surface area contributed by atoms with Gasteiger partial charge in [0.25, 0.3) is 0 Å². The van der Waals surface area contributed by atoms with Crippen LogP contribution in [0.25, 0.3) is 0 Å². The Labute approximate surface area is 103 Å². The summed E-state index contributed by atoms with van der Waals surface area (Å²) in [6.45, 7) is 6.17. The van der Waals surface area contributed by atoms with Crippen molar-refractivity contribution in [3.63, 3.8) is 0 Å². The highest BCUT2D eigenvalue weighted by Crippen LogP contribution is 2.31. The fraction of sp³-hybridized carbons (Fsp3) is 0.643. The van der Waals surface area contributed by atoms with Crippen LogP contribution >= 0.6 is 0 Å². The van der Waals surface area contributed by atoms with Crippen molar-refractivity contribution in [2.75, 3.05) is 18.0 Å². The third-order valence-electron chi connectivity index (χ3n) is 3.25. The number of anilines is 1. The first-order valence-corrected chi connectivity index (χ1v) is 6.59. The largest absolute Gasteiger partial charge is 0.389 e. The van der Waals surface area contributed by atoms with Crippen LogP contribution < -0.4 is 4.90 Å². The number of nitrogens with zero attached hydrogens (tertiary/aromatic N) is 2. The van der Waals surface area contributed by atoms with Crippen LogP contribution in [0.4, 0.5) is 5.82 Å². The highest BCUT2D eigenvalue weighted by atomic mass is 16.3. The van der Waals surface area contributed by atoms with E-state index in [1.165, 1.54) is 12.8 Å². The van der Waals surface area contributed by atoms with Gasteiger partial charge in [0.1, 0.15) is 5.82 Å². The first kappa shape index (κ1) is 12.4. The Balaban J connectivity index is 2.05. The van der Waals surface area contributed by atoms with Gasteiger partial charge in [-0.25, -0.2) is 4.98 Å². The van der Waals surface area contributed by atoms with Crippen LogP contribution in [0.3, 0.4) is 0 Å². The average molecular weight is 234 g/mol. The Morgan fingerprint density at radius 2 is 2.24 bits per heavy atom. The molecule has 0 unspecified atom stereocenters. The Bertz CT molecular complexity index is 344. The number of hydrogen-bond donors (Lipinski definition) is 1. The van der Waals surface area contributed by atoms with Gasteiger partial charge in [0.15, 0.2) is 0 Å². The molecule has 1 N–H and O–H groups in total. The number of aliphatic hydroxyl groups excluding tert-OH is 1. The minimum absolute atomic E-state index is 0.431. The van der Waals surface area contributed by atoms with Crippen LogP contribution in [0.15, 0.2) is 18.3 Å². The molecule has 3 heteroatoms. The van der Waals surface area contributed by atoms with Crippen molar-refractivity contribution in [2.24, 2.45) is 5.92 Å². The van der Waals surface area contributed by atoms with Crippen LogP contribution in [-0.2, 0) is 0 Å². The topological polar surface area (TPSA) is 36.4 Å². The van der Waals surface area contributed by atoms with E-state index in [-0.39, 0.29) is 0 Å². The number of hydrogen-bond acceptors (Lipinski definition) is 3. The molecule has 0 spiro atoms. The van der Waals surface area contributed by atoms with Crippen LogP contribution in [0.1, 0.15) is 44.8 Å². The maximum absolute atomic E-state index is 9.46. The van der Waals surface area contributed by atoms with E-state index in [9.17, 15) is 5.11 Å². The smallest absolute Gasteiger partial charge is 0.128 e. The molecule has 1 aromatic rings. The van der Waals surface area contributed by atoms with Crippen molar-refractivity contribution in [1.29, 1.82) is 0 Å². The second-order valence-corrected chi connectivity index (χ2v) is 5.02. The van der Waals surface area contributed by atoms with Gasteiger partial charge in [-0.15, -0.1) is 0 Å². The number of pyridine rings is 1. The molecule has 1 atom stereocenters. The summed E-state index contributed by atoms with van der Waals surface area (Å²) < 4.78 is 0. The maximum atomic E-state index is 9.46. The van der Waals surface area contributed by atoms with E-state index in [1.807, 2.05) is 12.1 Å². The summed E-state index contributed by atoms with van der Waals surface area (Å²) in [7, 11) is 0. The Hall–Kier alpha value is -1.09. The van der Waals surface area contributed by atoms with Crippen molar-refractivity contribution >= 4 is 5.82 Å². The predicted molar refractivity (Wildman–Crippen MR) is 70.1 cm³/mol. The molecule has 0 saturated heterocycles. The molecule has 1 heterocycles. The molecule has 1 aliphatic carbocycles. The molecule has 1 saturated carbocycles. The second-order valence-electron chi connectivity index (χ2n) is 5.02. The highest BCUT2D eigenvalue weighted by Gasteiger charge is 2.24. The van der Waals surface area contributed by atoms with Gasteiger partial charge in [-0.2, -0.15) is 0 Å². The van der Waals surface area contributed by atoms with Gasteiger partial charge in [-0.1, -0.05) is 13.0 Å². The van der Waals surface area contributed by atoms with Crippen molar-refractivity contribution in [3.8, 4) is 0 Å². The van der Waals surface area contributed by atoms with E-state index in [1.54, 1.807) is 13.1 Å². The summed E-state index contributed by atoms with van der Waals surface area (Å²) in [5.41, 5.74) is 0.886. The SMILES string of the molecule is CCCN(CC1CC1)c1ccc([C@H](C)O)cn1. The molecule has 1 fully saturated rings. The molecule has 17 heavy (non-hydrogen) atoms. The zero-order valence-electron chi connectivity index (χ0n) is 10.8. The predicted octanol–water partition coefficient (Wildman–Crippen LogP) is 2.76. The fourth-order valence-electron chi connectivity index (χ4n) is 2.01. The average Bonchev–Trinajstić information content (AvgIpc) is 3.13. The molecule has 1 aromatic heterocycles. The molecule has 0 bridgehead atoms. The van der Waals surface area contributed by atoms with Crippen LogP contribution in [-0.4, -0.2) is 23.2 Å². The normalized spacial score (nSPS) is 16.9. The van der Waals surface area contributed by atoms with Gasteiger partial charge in [0, 0.05) is 19.3 Å². The van der Waals surface area contributed by atoms with E-state index >= 15 is 0 Å². The van der Waals surface area contributed by atoms with E-state index < -0.39 is 6.10 Å². The summed E-state index contributed by atoms with van der Waals surface area (Å²) in [5.74, 6) is 1.92. The summed E-state index contributed by atoms with van der Waals surface area (Å²) >= 11 is 0. The minimum atomic E-state index is -0.431. The lowest BCUT2D eigenvalue weighted by atomic mass is 10.2. The molecule has 0 radical (unpaired) electrons. The minimum Gasteiger partial charge on any atom is -0.389 e. The molecule has 0 amide bonds. The molecule has 0 aliphatic heterocycles. The molecule has 0 aromatic carbocycles. The van der Waals surface area contributed by atoms with Gasteiger partial charge < -0.3 is 10.0 Å². The van der Waals surface area contributed by atoms with Crippen molar-refractivity contribution in [3.05, 3.63) is 23.9 Å². The van der Waals surface area contributed by atoms with E-state index in [0.717, 1.165) is 36.8 Å². The lowest BCUT2D eigenvalue weighted by Crippen LogP contribution is -2.27. The lowest BCUT2D eigenvalue weighted by Gasteiger charge is -2.23. The number of aromatic nitrogens is 1. The zero-order valence-corrected chi connectivity index (χ0v) is 10.8. The first-order valence-electron chi connectivity index (χ1n) is 6.59. The quantitative estimate of drug-likeness (QED) is 0.822. The Morgan fingerprint density at radius 1 is 1.47 bits per heavy atom.